The summed E-state index contributed by atoms with van der Waals surface area (Å²) in [4.78, 5) is 14.7. The van der Waals surface area contributed by atoms with Crippen LogP contribution in [0.2, 0.25) is 0 Å². The molecule has 0 aromatic carbocycles. The molecule has 0 saturated carbocycles. The number of ether oxygens (including phenoxy) is 1. The fourth-order valence-corrected chi connectivity index (χ4v) is 0.841. The van der Waals surface area contributed by atoms with Crippen LogP contribution in [-0.4, -0.2) is 23.8 Å². The summed E-state index contributed by atoms with van der Waals surface area (Å²) in [5.41, 5.74) is 5.46. The number of nitrogen functional groups attached to an aromatic ring is 1. The van der Waals surface area contributed by atoms with Gasteiger partial charge < -0.3 is 10.5 Å². The molecule has 5 heteroatoms. The lowest BCUT2D eigenvalue weighted by molar-refractivity contribution is -0.132. The Morgan fingerprint density at radius 2 is 2.38 bits per heavy atom. The zero-order valence-electron chi connectivity index (χ0n) is 7.07. The number of nitrogens with one attached hydrogen (secondary N) is 1. The van der Waals surface area contributed by atoms with E-state index >= 15 is 0 Å². The van der Waals surface area contributed by atoms with E-state index in [1.165, 1.54) is 13.3 Å². The van der Waals surface area contributed by atoms with E-state index in [-0.39, 0.29) is 17.1 Å². The van der Waals surface area contributed by atoms with Crippen LogP contribution >= 0.6 is 0 Å². The molecule has 0 atom stereocenters. The number of aromatic nitrogens is 1. The van der Waals surface area contributed by atoms with Crippen molar-refractivity contribution in [1.82, 2.24) is 4.98 Å². The lowest BCUT2D eigenvalue weighted by atomic mass is 10.1. The summed E-state index contributed by atoms with van der Waals surface area (Å²) in [6.07, 6.45) is 1.49. The van der Waals surface area contributed by atoms with Crippen molar-refractivity contribution in [1.29, 1.82) is 5.41 Å². The highest BCUT2D eigenvalue weighted by molar-refractivity contribution is 6.42. The third-order valence-electron chi connectivity index (χ3n) is 1.50. The van der Waals surface area contributed by atoms with E-state index in [0.29, 0.717) is 0 Å². The number of carbonyl (C=O) groups excluding carboxylic acids is 1. The summed E-state index contributed by atoms with van der Waals surface area (Å²) >= 11 is 0. The van der Waals surface area contributed by atoms with Crippen molar-refractivity contribution in [2.24, 2.45) is 0 Å². The van der Waals surface area contributed by atoms with Crippen molar-refractivity contribution < 1.29 is 9.53 Å². The second-order valence-corrected chi connectivity index (χ2v) is 2.30. The van der Waals surface area contributed by atoms with Gasteiger partial charge >= 0.3 is 5.97 Å². The highest BCUT2D eigenvalue weighted by atomic mass is 16.5. The number of nitrogens with two attached hydrogens (primary N) is 1. The third kappa shape index (κ3) is 1.81. The van der Waals surface area contributed by atoms with Gasteiger partial charge in [-0.1, -0.05) is 0 Å². The Hall–Kier alpha value is -1.91. The molecule has 68 valence electrons. The van der Waals surface area contributed by atoms with E-state index in [9.17, 15) is 4.79 Å². The molecule has 1 aromatic rings. The molecule has 13 heavy (non-hydrogen) atoms. The molecule has 1 aromatic heterocycles. The van der Waals surface area contributed by atoms with Gasteiger partial charge in [0, 0.05) is 11.8 Å². The molecule has 0 bridgehead atoms. The van der Waals surface area contributed by atoms with Crippen molar-refractivity contribution in [3.63, 3.8) is 0 Å². The molecule has 0 saturated heterocycles. The first-order valence-corrected chi connectivity index (χ1v) is 3.54. The molecule has 5 nitrogen and oxygen atoms in total. The Morgan fingerprint density at radius 3 is 2.92 bits per heavy atom. The molecular formula is C8H9N3O2. The SMILES string of the molecule is COC(=O)C(=N)c1cccnc1N. The predicted octanol–water partition coefficient (Wildman–Crippen LogP) is 0.205. The quantitative estimate of drug-likeness (QED) is 0.501. The van der Waals surface area contributed by atoms with Gasteiger partial charge in [0.25, 0.3) is 0 Å². The Bertz CT molecular complexity index is 349. The number of hydrogen-bond acceptors (Lipinski definition) is 5. The molecule has 0 spiro atoms. The highest BCUT2D eigenvalue weighted by Gasteiger charge is 2.14. The van der Waals surface area contributed by atoms with Gasteiger partial charge in [0.05, 0.1) is 7.11 Å². The molecule has 1 rings (SSSR count). The van der Waals surface area contributed by atoms with E-state index in [1.807, 2.05) is 0 Å². The minimum atomic E-state index is -0.722. The van der Waals surface area contributed by atoms with E-state index in [0.717, 1.165) is 0 Å². The number of nitrogens with zero attached hydrogens (tertiary/aromatic N) is 1. The van der Waals surface area contributed by atoms with Crippen LogP contribution in [0.25, 0.3) is 0 Å². The molecule has 1 heterocycles. The van der Waals surface area contributed by atoms with Gasteiger partial charge in [0.2, 0.25) is 0 Å². The molecule has 0 aliphatic rings. The zero-order chi connectivity index (χ0) is 9.84. The van der Waals surface area contributed by atoms with Gasteiger partial charge in [-0.2, -0.15) is 0 Å². The Kier molecular flexibility index (Phi) is 2.59. The number of anilines is 1. The number of rotatable bonds is 2. The topological polar surface area (TPSA) is 89.1 Å². The van der Waals surface area contributed by atoms with Gasteiger partial charge in [-0.15, -0.1) is 0 Å². The van der Waals surface area contributed by atoms with Crippen LogP contribution in [0.3, 0.4) is 0 Å². The zero-order valence-corrected chi connectivity index (χ0v) is 7.07. The fourth-order valence-electron chi connectivity index (χ4n) is 0.841. The number of esters is 1. The molecular weight excluding hydrogens is 170 g/mol. The first kappa shape index (κ1) is 9.18. The van der Waals surface area contributed by atoms with Crippen molar-refractivity contribution in [3.8, 4) is 0 Å². The van der Waals surface area contributed by atoms with Crippen LogP contribution in [0.4, 0.5) is 5.82 Å². The van der Waals surface area contributed by atoms with Gasteiger partial charge in [-0.25, -0.2) is 9.78 Å². The number of methoxy groups -OCH3 is 1. The molecule has 0 aliphatic carbocycles. The van der Waals surface area contributed by atoms with Crippen LogP contribution in [0.1, 0.15) is 5.56 Å². The predicted molar refractivity (Wildman–Crippen MR) is 47.5 cm³/mol. The van der Waals surface area contributed by atoms with Crippen molar-refractivity contribution >= 4 is 17.5 Å². The van der Waals surface area contributed by atoms with Crippen LogP contribution in [-0.2, 0) is 9.53 Å². The largest absolute Gasteiger partial charge is 0.464 e. The van der Waals surface area contributed by atoms with Gasteiger partial charge in [-0.05, 0) is 12.1 Å². The molecule has 0 aliphatic heterocycles. The summed E-state index contributed by atoms with van der Waals surface area (Å²) in [5, 5.41) is 7.38. The van der Waals surface area contributed by atoms with Crippen LogP contribution < -0.4 is 5.73 Å². The van der Waals surface area contributed by atoms with Gasteiger partial charge in [-0.3, -0.25) is 5.41 Å². The summed E-state index contributed by atoms with van der Waals surface area (Å²) in [6.45, 7) is 0. The lowest BCUT2D eigenvalue weighted by Crippen LogP contribution is -2.17. The van der Waals surface area contributed by atoms with Crippen molar-refractivity contribution in [2.75, 3.05) is 12.8 Å². The van der Waals surface area contributed by atoms with Crippen LogP contribution in [0.15, 0.2) is 18.3 Å². The molecule has 0 unspecified atom stereocenters. The fraction of sp³-hybridized carbons (Fsp3) is 0.125. The summed E-state index contributed by atoms with van der Waals surface area (Å²) < 4.78 is 4.37. The van der Waals surface area contributed by atoms with Crippen molar-refractivity contribution in [2.45, 2.75) is 0 Å². The first-order valence-electron chi connectivity index (χ1n) is 3.54. The molecule has 0 radical (unpaired) electrons. The summed E-state index contributed by atoms with van der Waals surface area (Å²) in [5.74, 6) is -0.572. The second-order valence-electron chi connectivity index (χ2n) is 2.30. The van der Waals surface area contributed by atoms with E-state index < -0.39 is 5.97 Å². The Labute approximate surface area is 75.0 Å². The average Bonchev–Trinajstić information content (AvgIpc) is 2.16. The van der Waals surface area contributed by atoms with E-state index in [1.54, 1.807) is 12.1 Å². The molecule has 0 fully saturated rings. The number of pyridine rings is 1. The maximum absolute atomic E-state index is 10.9. The van der Waals surface area contributed by atoms with Crippen molar-refractivity contribution in [3.05, 3.63) is 23.9 Å². The van der Waals surface area contributed by atoms with Crippen LogP contribution in [0.5, 0.6) is 0 Å². The van der Waals surface area contributed by atoms with E-state index in [2.05, 4.69) is 9.72 Å². The minimum absolute atomic E-state index is 0.151. The smallest absolute Gasteiger partial charge is 0.356 e. The maximum atomic E-state index is 10.9. The second kappa shape index (κ2) is 3.66. The maximum Gasteiger partial charge on any atom is 0.356 e. The molecule has 3 N–H and O–H groups in total. The molecule has 0 amide bonds. The van der Waals surface area contributed by atoms with Crippen LogP contribution in [0, 0.1) is 5.41 Å². The standard InChI is InChI=1S/C8H9N3O2/c1-13-8(12)6(9)5-3-2-4-11-7(5)10/h2-4,9H,1H3,(H2,10,11). The summed E-state index contributed by atoms with van der Waals surface area (Å²) in [6, 6.07) is 3.14. The Balaban J connectivity index is 3.02. The van der Waals surface area contributed by atoms with E-state index in [4.69, 9.17) is 11.1 Å². The lowest BCUT2D eigenvalue weighted by Gasteiger charge is -2.03. The van der Waals surface area contributed by atoms with Gasteiger partial charge in [0.1, 0.15) is 5.82 Å². The third-order valence-corrected chi connectivity index (χ3v) is 1.50. The minimum Gasteiger partial charge on any atom is -0.464 e. The normalized spacial score (nSPS) is 9.31. The first-order chi connectivity index (χ1) is 6.16. The average molecular weight is 179 g/mol. The van der Waals surface area contributed by atoms with Gasteiger partial charge in [0.15, 0.2) is 5.71 Å². The Morgan fingerprint density at radius 1 is 1.69 bits per heavy atom. The monoisotopic (exact) mass is 179 g/mol. The highest BCUT2D eigenvalue weighted by Crippen LogP contribution is 2.07. The number of hydrogen-bond donors (Lipinski definition) is 2. The number of carbonyl (C=O) groups is 1. The summed E-state index contributed by atoms with van der Waals surface area (Å²) in [7, 11) is 1.21.